The van der Waals surface area contributed by atoms with Gasteiger partial charge in [0.1, 0.15) is 22.8 Å². The first-order chi connectivity index (χ1) is 17.7. The number of rotatable bonds is 7. The number of halogens is 2. The number of carbonyl (C=O) groups is 1. The Balaban J connectivity index is 1.43. The molecule has 0 aliphatic heterocycles. The number of pyridine rings is 1. The highest BCUT2D eigenvalue weighted by Crippen LogP contribution is 2.34. The molecule has 37 heavy (non-hydrogen) atoms. The van der Waals surface area contributed by atoms with Crippen molar-refractivity contribution in [1.29, 1.82) is 0 Å². The van der Waals surface area contributed by atoms with Gasteiger partial charge in [0.05, 0.1) is 17.6 Å². The second-order valence-electron chi connectivity index (χ2n) is 9.93. The minimum atomic E-state index is -2.51. The summed E-state index contributed by atoms with van der Waals surface area (Å²) in [7, 11) is 1.79. The van der Waals surface area contributed by atoms with E-state index in [1.54, 1.807) is 33.2 Å². The number of anilines is 2. The highest BCUT2D eigenvalue weighted by Gasteiger charge is 2.32. The van der Waals surface area contributed by atoms with Gasteiger partial charge in [-0.25, -0.2) is 18.7 Å². The lowest BCUT2D eigenvalue weighted by Crippen LogP contribution is -2.49. The Kier molecular flexibility index (Phi) is 6.42. The molecule has 4 aromatic rings. The molecule has 0 atom stereocenters. The monoisotopic (exact) mass is 511 g/mol. The van der Waals surface area contributed by atoms with Crippen molar-refractivity contribution < 1.29 is 13.6 Å². The van der Waals surface area contributed by atoms with Gasteiger partial charge in [0.25, 0.3) is 6.43 Å². The standard InChI is InChI=1S/C25H31F2N9O/c1-13-30-18-6-5-17(32-23(18)36(13)12-19(26)27)16-11-29-22-20(16)21(28-4)33-24(34-22)31-15-7-9-25(3,10-8-15)35-14(2)37/h5-6,11,15,19H,7-10,12H2,1-4H3,(H,35,37)(H3,28,29,31,33,34)/t15-,25-. The van der Waals surface area contributed by atoms with Crippen LogP contribution in [0.3, 0.4) is 0 Å². The van der Waals surface area contributed by atoms with Crippen molar-refractivity contribution in [3.8, 4) is 11.3 Å². The van der Waals surface area contributed by atoms with E-state index in [9.17, 15) is 13.6 Å². The quantitative estimate of drug-likeness (QED) is 0.293. The number of H-pyrrole nitrogens is 1. The van der Waals surface area contributed by atoms with Crippen molar-refractivity contribution in [1.82, 2.24) is 34.8 Å². The minimum Gasteiger partial charge on any atom is -0.372 e. The lowest BCUT2D eigenvalue weighted by atomic mass is 9.81. The SMILES string of the molecule is CNc1nc(N[C@H]2CC[C@](C)(NC(C)=O)CC2)nc2[nH]cc(-c3ccc4nc(C)n(CC(F)F)c4n3)c12. The highest BCUT2D eigenvalue weighted by atomic mass is 19.3. The van der Waals surface area contributed by atoms with Crippen LogP contribution in [0.4, 0.5) is 20.5 Å². The summed E-state index contributed by atoms with van der Waals surface area (Å²) in [6, 6.07) is 3.81. The number of hydrogen-bond donors (Lipinski definition) is 4. The van der Waals surface area contributed by atoms with Gasteiger partial charge in [0.15, 0.2) is 5.65 Å². The van der Waals surface area contributed by atoms with Crippen molar-refractivity contribution >= 4 is 39.9 Å². The van der Waals surface area contributed by atoms with Crippen LogP contribution < -0.4 is 16.0 Å². The number of aromatic amines is 1. The molecule has 0 spiro atoms. The lowest BCUT2D eigenvalue weighted by Gasteiger charge is -2.38. The van der Waals surface area contributed by atoms with Crippen LogP contribution in [0, 0.1) is 6.92 Å². The van der Waals surface area contributed by atoms with Crippen molar-refractivity contribution in [2.24, 2.45) is 0 Å². The normalized spacial score (nSPS) is 20.0. The van der Waals surface area contributed by atoms with E-state index in [4.69, 9.17) is 9.97 Å². The Morgan fingerprint density at radius 3 is 2.65 bits per heavy atom. The fourth-order valence-corrected chi connectivity index (χ4v) is 5.23. The first kappa shape index (κ1) is 24.8. The van der Waals surface area contributed by atoms with Crippen molar-refractivity contribution in [3.63, 3.8) is 0 Å². The maximum absolute atomic E-state index is 13.2. The van der Waals surface area contributed by atoms with E-state index in [0.29, 0.717) is 40.1 Å². The van der Waals surface area contributed by atoms with Crippen LogP contribution in [-0.2, 0) is 11.3 Å². The average Bonchev–Trinajstić information content (AvgIpc) is 3.40. The number of imidazole rings is 1. The zero-order chi connectivity index (χ0) is 26.3. The van der Waals surface area contributed by atoms with E-state index < -0.39 is 13.0 Å². The number of aromatic nitrogens is 6. The van der Waals surface area contributed by atoms with Crippen LogP contribution in [0.2, 0.25) is 0 Å². The molecule has 4 N–H and O–H groups in total. The van der Waals surface area contributed by atoms with Crippen LogP contribution in [0.15, 0.2) is 18.3 Å². The molecule has 0 aromatic carbocycles. The fraction of sp³-hybridized carbons (Fsp3) is 0.480. The van der Waals surface area contributed by atoms with E-state index in [2.05, 4.69) is 37.8 Å². The molecule has 10 nitrogen and oxygen atoms in total. The molecule has 1 saturated carbocycles. The maximum Gasteiger partial charge on any atom is 0.256 e. The van der Waals surface area contributed by atoms with Crippen LogP contribution in [0.25, 0.3) is 33.5 Å². The summed E-state index contributed by atoms with van der Waals surface area (Å²) in [5.41, 5.74) is 2.81. The van der Waals surface area contributed by atoms with E-state index in [0.717, 1.165) is 36.6 Å². The van der Waals surface area contributed by atoms with E-state index in [1.807, 2.05) is 6.07 Å². The molecule has 12 heteroatoms. The van der Waals surface area contributed by atoms with Gasteiger partial charge >= 0.3 is 0 Å². The molecular weight excluding hydrogens is 480 g/mol. The molecule has 0 unspecified atom stereocenters. The molecule has 4 aromatic heterocycles. The highest BCUT2D eigenvalue weighted by molar-refractivity contribution is 6.01. The molecule has 0 saturated heterocycles. The summed E-state index contributed by atoms with van der Waals surface area (Å²) >= 11 is 0. The molecule has 1 fully saturated rings. The van der Waals surface area contributed by atoms with Crippen LogP contribution in [0.1, 0.15) is 45.4 Å². The van der Waals surface area contributed by atoms with Crippen LogP contribution in [-0.4, -0.2) is 60.4 Å². The summed E-state index contributed by atoms with van der Waals surface area (Å²) < 4.78 is 27.7. The van der Waals surface area contributed by atoms with Gasteiger partial charge in [-0.2, -0.15) is 9.97 Å². The smallest absolute Gasteiger partial charge is 0.256 e. The van der Waals surface area contributed by atoms with E-state index in [-0.39, 0.29) is 17.5 Å². The van der Waals surface area contributed by atoms with Gasteiger partial charge in [0, 0.05) is 37.3 Å². The zero-order valence-electron chi connectivity index (χ0n) is 21.3. The average molecular weight is 512 g/mol. The third-order valence-corrected chi connectivity index (χ3v) is 7.05. The topological polar surface area (TPSA) is 125 Å². The summed E-state index contributed by atoms with van der Waals surface area (Å²) in [5, 5.41) is 10.4. The third-order valence-electron chi connectivity index (χ3n) is 7.05. The first-order valence-corrected chi connectivity index (χ1v) is 12.4. The van der Waals surface area contributed by atoms with Gasteiger partial charge in [-0.1, -0.05) is 0 Å². The zero-order valence-corrected chi connectivity index (χ0v) is 21.3. The lowest BCUT2D eigenvalue weighted by molar-refractivity contribution is -0.121. The molecule has 196 valence electrons. The molecule has 4 heterocycles. The number of nitrogens with one attached hydrogen (secondary N) is 4. The van der Waals surface area contributed by atoms with Crippen molar-refractivity contribution in [2.75, 3.05) is 17.7 Å². The Bertz CT molecular complexity index is 1450. The second kappa shape index (κ2) is 9.56. The summed E-state index contributed by atoms with van der Waals surface area (Å²) in [6.07, 6.45) is 2.81. The van der Waals surface area contributed by atoms with Crippen molar-refractivity contribution in [2.45, 2.75) is 71.0 Å². The summed E-state index contributed by atoms with van der Waals surface area (Å²) in [4.78, 5) is 33.2. The minimum absolute atomic E-state index is 0.00819. The Morgan fingerprint density at radius 2 is 1.97 bits per heavy atom. The predicted molar refractivity (Wildman–Crippen MR) is 139 cm³/mol. The van der Waals surface area contributed by atoms with E-state index >= 15 is 0 Å². The summed E-state index contributed by atoms with van der Waals surface area (Å²) in [5.74, 6) is 1.62. The molecular formula is C25H31F2N9O. The third kappa shape index (κ3) is 4.92. The number of fused-ring (bicyclic) bond motifs is 2. The van der Waals surface area contributed by atoms with Crippen LogP contribution in [0.5, 0.6) is 0 Å². The van der Waals surface area contributed by atoms with Crippen LogP contribution >= 0.6 is 0 Å². The number of nitrogens with zero attached hydrogens (tertiary/aromatic N) is 5. The van der Waals surface area contributed by atoms with Gasteiger partial charge in [0.2, 0.25) is 11.9 Å². The fourth-order valence-electron chi connectivity index (χ4n) is 5.23. The van der Waals surface area contributed by atoms with Gasteiger partial charge in [-0.15, -0.1) is 0 Å². The van der Waals surface area contributed by atoms with Gasteiger partial charge in [-0.3, -0.25) is 4.79 Å². The second-order valence-corrected chi connectivity index (χ2v) is 9.93. The first-order valence-electron chi connectivity index (χ1n) is 12.4. The molecule has 0 bridgehead atoms. The van der Waals surface area contributed by atoms with Gasteiger partial charge in [-0.05, 0) is 51.7 Å². The number of amides is 1. The number of alkyl halides is 2. The predicted octanol–water partition coefficient (Wildman–Crippen LogP) is 4.23. The largest absolute Gasteiger partial charge is 0.372 e. The summed E-state index contributed by atoms with van der Waals surface area (Å²) in [6.45, 7) is 4.87. The Labute approximate surface area is 212 Å². The van der Waals surface area contributed by atoms with Crippen molar-refractivity contribution in [3.05, 3.63) is 24.2 Å². The number of carbonyl (C=O) groups excluding carboxylic acids is 1. The molecule has 1 aliphatic rings. The van der Waals surface area contributed by atoms with E-state index in [1.165, 1.54) is 4.57 Å². The Morgan fingerprint density at radius 1 is 1.22 bits per heavy atom. The molecule has 5 rings (SSSR count). The van der Waals surface area contributed by atoms with Gasteiger partial charge < -0.3 is 25.5 Å². The Hall–Kier alpha value is -3.83. The molecule has 1 amide bonds. The maximum atomic E-state index is 13.2. The number of hydrogen-bond acceptors (Lipinski definition) is 7. The molecule has 1 aliphatic carbocycles. The number of aryl methyl sites for hydroxylation is 1. The molecule has 0 radical (unpaired) electrons.